The second-order valence-electron chi connectivity index (χ2n) is 4.50. The molecular formula is C14H28O2. The van der Waals surface area contributed by atoms with Crippen LogP contribution < -0.4 is 0 Å². The lowest BCUT2D eigenvalue weighted by molar-refractivity contribution is -0.128. The highest BCUT2D eigenvalue weighted by Gasteiger charge is 1.92. The van der Waals surface area contributed by atoms with Gasteiger partial charge in [-0.3, -0.25) is 4.79 Å². The van der Waals surface area contributed by atoms with Gasteiger partial charge in [0.1, 0.15) is 0 Å². The molecule has 0 aliphatic heterocycles. The summed E-state index contributed by atoms with van der Waals surface area (Å²) in [5.41, 5.74) is 0. The van der Waals surface area contributed by atoms with Gasteiger partial charge >= 0.3 is 0 Å². The molecule has 0 aromatic heterocycles. The van der Waals surface area contributed by atoms with E-state index < -0.39 is 0 Å². The molecule has 0 aliphatic rings. The number of ether oxygens (including phenoxy) is 1. The second-order valence-corrected chi connectivity index (χ2v) is 4.50. The van der Waals surface area contributed by atoms with E-state index in [1.54, 1.807) is 0 Å². The molecule has 2 heteroatoms. The Morgan fingerprint density at radius 3 is 1.62 bits per heavy atom. The third-order valence-corrected chi connectivity index (χ3v) is 2.93. The molecule has 0 heterocycles. The topological polar surface area (TPSA) is 26.3 Å². The van der Waals surface area contributed by atoms with Gasteiger partial charge in [-0.1, -0.05) is 71.1 Å². The summed E-state index contributed by atoms with van der Waals surface area (Å²) < 4.78 is 4.64. The Bertz CT molecular complexity index is 135. The van der Waals surface area contributed by atoms with Gasteiger partial charge in [-0.25, -0.2) is 0 Å². The van der Waals surface area contributed by atoms with Crippen LogP contribution in [0.25, 0.3) is 0 Å². The van der Waals surface area contributed by atoms with Crippen LogP contribution in [0.3, 0.4) is 0 Å². The maximum Gasteiger partial charge on any atom is 0.293 e. The zero-order chi connectivity index (χ0) is 11.9. The minimum atomic E-state index is 0.538. The number of carbonyl (C=O) groups is 1. The van der Waals surface area contributed by atoms with Crippen molar-refractivity contribution in [2.75, 3.05) is 6.61 Å². The zero-order valence-electron chi connectivity index (χ0n) is 10.9. The van der Waals surface area contributed by atoms with Crippen LogP contribution in [0.2, 0.25) is 0 Å². The molecule has 0 aromatic rings. The summed E-state index contributed by atoms with van der Waals surface area (Å²) in [7, 11) is 0. The molecule has 2 nitrogen and oxygen atoms in total. The van der Waals surface area contributed by atoms with Crippen LogP contribution in [0.5, 0.6) is 0 Å². The fraction of sp³-hybridized carbons (Fsp3) is 0.929. The summed E-state index contributed by atoms with van der Waals surface area (Å²) >= 11 is 0. The first-order valence-corrected chi connectivity index (χ1v) is 6.97. The summed E-state index contributed by atoms with van der Waals surface area (Å²) in [6.45, 7) is 3.39. The average Bonchev–Trinajstić information content (AvgIpc) is 2.31. The van der Waals surface area contributed by atoms with Gasteiger partial charge in [0.15, 0.2) is 0 Å². The van der Waals surface area contributed by atoms with Gasteiger partial charge in [-0.15, -0.1) is 0 Å². The van der Waals surface area contributed by atoms with Gasteiger partial charge < -0.3 is 4.74 Å². The minimum Gasteiger partial charge on any atom is -0.468 e. The van der Waals surface area contributed by atoms with Gasteiger partial charge in [0.2, 0.25) is 0 Å². The molecule has 0 radical (unpaired) electrons. The molecule has 0 unspecified atom stereocenters. The summed E-state index contributed by atoms with van der Waals surface area (Å²) in [6, 6.07) is 0. The van der Waals surface area contributed by atoms with Gasteiger partial charge in [-0.2, -0.15) is 0 Å². The van der Waals surface area contributed by atoms with Crippen molar-refractivity contribution in [3.05, 3.63) is 0 Å². The van der Waals surface area contributed by atoms with Gasteiger partial charge in [-0.05, 0) is 6.42 Å². The van der Waals surface area contributed by atoms with E-state index in [-0.39, 0.29) is 0 Å². The van der Waals surface area contributed by atoms with Crippen molar-refractivity contribution in [2.24, 2.45) is 0 Å². The maximum atomic E-state index is 9.86. The molecule has 0 aromatic carbocycles. The smallest absolute Gasteiger partial charge is 0.293 e. The van der Waals surface area contributed by atoms with Crippen LogP contribution in [0.4, 0.5) is 0 Å². The molecule has 0 rings (SSSR count). The quantitative estimate of drug-likeness (QED) is 0.343. The maximum absolute atomic E-state index is 9.86. The molecule has 0 N–H and O–H groups in total. The van der Waals surface area contributed by atoms with E-state index in [1.165, 1.54) is 64.2 Å². The lowest BCUT2D eigenvalue weighted by Gasteiger charge is -2.02. The monoisotopic (exact) mass is 228 g/mol. The third-order valence-electron chi connectivity index (χ3n) is 2.93. The van der Waals surface area contributed by atoms with Crippen LogP contribution in [-0.2, 0) is 9.53 Å². The summed E-state index contributed by atoms with van der Waals surface area (Å²) in [4.78, 5) is 9.86. The molecule has 96 valence electrons. The number of hydrogen-bond acceptors (Lipinski definition) is 2. The molecule has 0 saturated heterocycles. The van der Waals surface area contributed by atoms with Crippen LogP contribution in [0.15, 0.2) is 0 Å². The first-order valence-electron chi connectivity index (χ1n) is 6.97. The SMILES string of the molecule is CCCCCCCCCCCCCOC=O. The van der Waals surface area contributed by atoms with Crippen molar-refractivity contribution in [3.63, 3.8) is 0 Å². The predicted octanol–water partition coefficient (Wildman–Crippen LogP) is 4.47. The molecule has 0 aliphatic carbocycles. The Morgan fingerprint density at radius 2 is 1.19 bits per heavy atom. The molecule has 0 saturated carbocycles. The van der Waals surface area contributed by atoms with Gasteiger partial charge in [0.25, 0.3) is 6.47 Å². The van der Waals surface area contributed by atoms with Crippen molar-refractivity contribution < 1.29 is 9.53 Å². The van der Waals surface area contributed by atoms with Crippen LogP contribution >= 0.6 is 0 Å². The van der Waals surface area contributed by atoms with Crippen molar-refractivity contribution in [1.29, 1.82) is 0 Å². The van der Waals surface area contributed by atoms with Crippen LogP contribution in [-0.4, -0.2) is 13.1 Å². The lowest BCUT2D eigenvalue weighted by Crippen LogP contribution is -1.91. The zero-order valence-corrected chi connectivity index (χ0v) is 10.9. The molecule has 0 bridgehead atoms. The first kappa shape index (κ1) is 15.5. The van der Waals surface area contributed by atoms with E-state index in [2.05, 4.69) is 11.7 Å². The Balaban J connectivity index is 2.85. The number of rotatable bonds is 13. The van der Waals surface area contributed by atoms with Crippen molar-refractivity contribution >= 4 is 6.47 Å². The second kappa shape index (κ2) is 14.5. The standard InChI is InChI=1S/C14H28O2/c1-2-3-4-5-6-7-8-9-10-11-12-13-16-14-15/h14H,2-13H2,1H3. The fourth-order valence-electron chi connectivity index (χ4n) is 1.90. The normalized spacial score (nSPS) is 10.3. The van der Waals surface area contributed by atoms with E-state index >= 15 is 0 Å². The van der Waals surface area contributed by atoms with Crippen molar-refractivity contribution in [2.45, 2.75) is 77.6 Å². The van der Waals surface area contributed by atoms with Crippen molar-refractivity contribution in [1.82, 2.24) is 0 Å². The third kappa shape index (κ3) is 13.5. The van der Waals surface area contributed by atoms with E-state index in [0.717, 1.165) is 6.42 Å². The number of carbonyl (C=O) groups excluding carboxylic acids is 1. The van der Waals surface area contributed by atoms with E-state index in [9.17, 15) is 4.79 Å². The molecule has 0 amide bonds. The highest BCUT2D eigenvalue weighted by molar-refractivity contribution is 5.36. The van der Waals surface area contributed by atoms with Crippen LogP contribution in [0, 0.1) is 0 Å². The summed E-state index contributed by atoms with van der Waals surface area (Å²) in [6.07, 6.45) is 14.6. The lowest BCUT2D eigenvalue weighted by atomic mass is 10.1. The fourth-order valence-corrected chi connectivity index (χ4v) is 1.90. The number of hydrogen-bond donors (Lipinski definition) is 0. The molecule has 0 atom stereocenters. The Labute approximate surface area is 101 Å². The van der Waals surface area contributed by atoms with E-state index in [4.69, 9.17) is 0 Å². The first-order chi connectivity index (χ1) is 7.91. The van der Waals surface area contributed by atoms with E-state index in [0.29, 0.717) is 13.1 Å². The Hall–Kier alpha value is -0.530. The predicted molar refractivity (Wildman–Crippen MR) is 68.5 cm³/mol. The Kier molecular flexibility index (Phi) is 14.0. The molecular weight excluding hydrogens is 200 g/mol. The van der Waals surface area contributed by atoms with Crippen LogP contribution in [0.1, 0.15) is 77.6 Å². The van der Waals surface area contributed by atoms with Crippen molar-refractivity contribution in [3.8, 4) is 0 Å². The van der Waals surface area contributed by atoms with E-state index in [1.807, 2.05) is 0 Å². The highest BCUT2D eigenvalue weighted by atomic mass is 16.5. The van der Waals surface area contributed by atoms with Gasteiger partial charge in [0, 0.05) is 0 Å². The average molecular weight is 228 g/mol. The van der Waals surface area contributed by atoms with Gasteiger partial charge in [0.05, 0.1) is 6.61 Å². The summed E-state index contributed by atoms with van der Waals surface area (Å²) in [5, 5.41) is 0. The minimum absolute atomic E-state index is 0.538. The summed E-state index contributed by atoms with van der Waals surface area (Å²) in [5.74, 6) is 0. The molecule has 16 heavy (non-hydrogen) atoms. The molecule has 0 spiro atoms. The highest BCUT2D eigenvalue weighted by Crippen LogP contribution is 2.11. The largest absolute Gasteiger partial charge is 0.468 e. The Morgan fingerprint density at radius 1 is 0.750 bits per heavy atom. The number of unbranched alkanes of at least 4 members (excludes halogenated alkanes) is 10. The molecule has 0 fully saturated rings.